The molecule has 0 radical (unpaired) electrons. The second kappa shape index (κ2) is 6.13. The number of rotatable bonds is 4. The summed E-state index contributed by atoms with van der Waals surface area (Å²) in [6, 6.07) is 9.95. The van der Waals surface area contributed by atoms with Crippen LogP contribution in [0.2, 0.25) is 0 Å². The third-order valence-electron chi connectivity index (χ3n) is 2.66. The Hall–Kier alpha value is -2.45. The predicted molar refractivity (Wildman–Crippen MR) is 69.7 cm³/mol. The van der Waals surface area contributed by atoms with Gasteiger partial charge in [0.1, 0.15) is 24.0 Å². The number of ether oxygens (including phenoxy) is 1. The molecule has 0 aromatic heterocycles. The second-order valence-corrected chi connectivity index (χ2v) is 4.25. The average Bonchev–Trinajstić information content (AvgIpc) is 2.44. The second-order valence-electron chi connectivity index (χ2n) is 4.25. The molecule has 0 unspecified atom stereocenters. The number of hydrogen-bond donors (Lipinski definition) is 1. The third-order valence-corrected chi connectivity index (χ3v) is 2.66. The van der Waals surface area contributed by atoms with Crippen LogP contribution in [-0.2, 0) is 13.2 Å². The molecule has 0 saturated carbocycles. The first-order chi connectivity index (χ1) is 9.60. The van der Waals surface area contributed by atoms with Crippen molar-refractivity contribution in [2.45, 2.75) is 13.2 Å². The molecule has 3 nitrogen and oxygen atoms in total. The molecule has 0 saturated heterocycles. The maximum Gasteiger partial charge on any atom is 0.127 e. The van der Waals surface area contributed by atoms with E-state index in [-0.39, 0.29) is 18.7 Å². The van der Waals surface area contributed by atoms with Gasteiger partial charge < -0.3 is 10.5 Å². The molecule has 0 bridgehead atoms. The Morgan fingerprint density at radius 3 is 2.40 bits per heavy atom. The molecule has 0 fully saturated rings. The maximum atomic E-state index is 13.3. The summed E-state index contributed by atoms with van der Waals surface area (Å²) in [6.07, 6.45) is 0. The third kappa shape index (κ3) is 3.53. The lowest BCUT2D eigenvalue weighted by atomic mass is 10.1. The van der Waals surface area contributed by atoms with Crippen LogP contribution in [0.4, 0.5) is 8.78 Å². The van der Waals surface area contributed by atoms with E-state index < -0.39 is 11.6 Å². The first-order valence-electron chi connectivity index (χ1n) is 5.92. The molecular weight excluding hydrogens is 262 g/mol. The molecule has 20 heavy (non-hydrogen) atoms. The topological polar surface area (TPSA) is 59.0 Å². The smallest absolute Gasteiger partial charge is 0.127 e. The number of hydrogen-bond acceptors (Lipinski definition) is 3. The molecule has 0 heterocycles. The zero-order valence-electron chi connectivity index (χ0n) is 10.6. The van der Waals surface area contributed by atoms with E-state index in [1.165, 1.54) is 24.3 Å². The molecule has 0 spiro atoms. The summed E-state index contributed by atoms with van der Waals surface area (Å²) < 4.78 is 31.9. The Kier molecular flexibility index (Phi) is 4.28. The van der Waals surface area contributed by atoms with Gasteiger partial charge >= 0.3 is 0 Å². The number of halogens is 2. The number of benzene rings is 2. The van der Waals surface area contributed by atoms with Gasteiger partial charge in [-0.15, -0.1) is 0 Å². The van der Waals surface area contributed by atoms with Crippen molar-refractivity contribution in [3.05, 3.63) is 64.7 Å². The van der Waals surface area contributed by atoms with E-state index in [2.05, 4.69) is 0 Å². The van der Waals surface area contributed by atoms with Gasteiger partial charge in [-0.2, -0.15) is 5.26 Å². The SMILES string of the molecule is N#Cc1cc(F)cc(COc2cc(F)cc(CN)c2)c1. The van der Waals surface area contributed by atoms with Crippen molar-refractivity contribution in [3.8, 4) is 11.8 Å². The van der Waals surface area contributed by atoms with Crippen LogP contribution in [0.5, 0.6) is 5.75 Å². The highest BCUT2D eigenvalue weighted by atomic mass is 19.1. The summed E-state index contributed by atoms with van der Waals surface area (Å²) in [6.45, 7) is 0.243. The Bertz CT molecular complexity index is 665. The van der Waals surface area contributed by atoms with Crippen molar-refractivity contribution in [2.24, 2.45) is 5.73 Å². The highest BCUT2D eigenvalue weighted by Crippen LogP contribution is 2.18. The summed E-state index contributed by atoms with van der Waals surface area (Å²) in [4.78, 5) is 0. The van der Waals surface area contributed by atoms with E-state index in [0.29, 0.717) is 16.9 Å². The first kappa shape index (κ1) is 14.0. The minimum atomic E-state index is -0.510. The van der Waals surface area contributed by atoms with Gasteiger partial charge in [-0.3, -0.25) is 0 Å². The number of nitriles is 1. The standard InChI is InChI=1S/C15H12F2N2O/c16-13-2-10(7-18)1-12(4-13)9-20-15-5-11(8-19)3-14(17)6-15/h1-6H,8-9,19H2. The van der Waals surface area contributed by atoms with E-state index in [1.54, 1.807) is 6.07 Å². The van der Waals surface area contributed by atoms with Crippen LogP contribution in [-0.4, -0.2) is 0 Å². The minimum absolute atomic E-state index is 0.0416. The molecule has 5 heteroatoms. The van der Waals surface area contributed by atoms with E-state index >= 15 is 0 Å². The van der Waals surface area contributed by atoms with Crippen LogP contribution in [0, 0.1) is 23.0 Å². The largest absolute Gasteiger partial charge is 0.489 e. The molecule has 2 aromatic rings. The summed E-state index contributed by atoms with van der Waals surface area (Å²) in [5.74, 6) is -0.641. The normalized spacial score (nSPS) is 10.1. The van der Waals surface area contributed by atoms with Gasteiger partial charge in [-0.1, -0.05) is 0 Å². The summed E-state index contributed by atoms with van der Waals surface area (Å²) >= 11 is 0. The lowest BCUT2D eigenvalue weighted by Gasteiger charge is -2.08. The Labute approximate surface area is 115 Å². The van der Waals surface area contributed by atoms with Gasteiger partial charge in [0, 0.05) is 12.6 Å². The van der Waals surface area contributed by atoms with Gasteiger partial charge in [-0.05, 0) is 41.5 Å². The number of nitrogens with two attached hydrogens (primary N) is 1. The Morgan fingerprint density at radius 2 is 1.70 bits per heavy atom. The van der Waals surface area contributed by atoms with E-state index in [9.17, 15) is 8.78 Å². The van der Waals surface area contributed by atoms with Crippen molar-refractivity contribution >= 4 is 0 Å². The molecule has 0 atom stereocenters. The van der Waals surface area contributed by atoms with Gasteiger partial charge in [0.15, 0.2) is 0 Å². The highest BCUT2D eigenvalue weighted by molar-refractivity contribution is 5.34. The fourth-order valence-electron chi connectivity index (χ4n) is 1.79. The van der Waals surface area contributed by atoms with Crippen LogP contribution in [0.25, 0.3) is 0 Å². The Balaban J connectivity index is 2.14. The van der Waals surface area contributed by atoms with Gasteiger partial charge in [0.25, 0.3) is 0 Å². The molecule has 0 aliphatic rings. The van der Waals surface area contributed by atoms with E-state index in [1.807, 2.05) is 6.07 Å². The highest BCUT2D eigenvalue weighted by Gasteiger charge is 2.04. The lowest BCUT2D eigenvalue weighted by molar-refractivity contribution is 0.303. The molecular formula is C15H12F2N2O. The quantitative estimate of drug-likeness (QED) is 0.932. The minimum Gasteiger partial charge on any atom is -0.489 e. The average molecular weight is 274 g/mol. The molecule has 2 aromatic carbocycles. The van der Waals surface area contributed by atoms with Crippen molar-refractivity contribution in [1.29, 1.82) is 5.26 Å². The van der Waals surface area contributed by atoms with E-state index in [4.69, 9.17) is 15.7 Å². The number of nitrogens with zero attached hydrogens (tertiary/aromatic N) is 1. The maximum absolute atomic E-state index is 13.3. The fourth-order valence-corrected chi connectivity index (χ4v) is 1.79. The van der Waals surface area contributed by atoms with Gasteiger partial charge in [0.05, 0.1) is 11.6 Å². The van der Waals surface area contributed by atoms with Crippen LogP contribution in [0.1, 0.15) is 16.7 Å². The fraction of sp³-hybridized carbons (Fsp3) is 0.133. The van der Waals surface area contributed by atoms with Crippen LogP contribution >= 0.6 is 0 Å². The van der Waals surface area contributed by atoms with Crippen LogP contribution in [0.15, 0.2) is 36.4 Å². The lowest BCUT2D eigenvalue weighted by Crippen LogP contribution is -2.01. The molecule has 2 N–H and O–H groups in total. The van der Waals surface area contributed by atoms with Crippen molar-refractivity contribution < 1.29 is 13.5 Å². The summed E-state index contributed by atoms with van der Waals surface area (Å²) in [5, 5.41) is 8.76. The predicted octanol–water partition coefficient (Wildman–Crippen LogP) is 2.87. The van der Waals surface area contributed by atoms with Crippen LogP contribution < -0.4 is 10.5 Å². The molecule has 0 aliphatic heterocycles. The zero-order valence-corrected chi connectivity index (χ0v) is 10.6. The van der Waals surface area contributed by atoms with Crippen molar-refractivity contribution in [3.63, 3.8) is 0 Å². The summed E-state index contributed by atoms with van der Waals surface area (Å²) in [5.41, 5.74) is 6.77. The van der Waals surface area contributed by atoms with Crippen LogP contribution in [0.3, 0.4) is 0 Å². The molecule has 0 aliphatic carbocycles. The first-order valence-corrected chi connectivity index (χ1v) is 5.92. The van der Waals surface area contributed by atoms with Gasteiger partial charge in [0.2, 0.25) is 0 Å². The summed E-state index contributed by atoms with van der Waals surface area (Å²) in [7, 11) is 0. The van der Waals surface area contributed by atoms with Crippen molar-refractivity contribution in [2.75, 3.05) is 0 Å². The van der Waals surface area contributed by atoms with Crippen molar-refractivity contribution in [1.82, 2.24) is 0 Å². The zero-order chi connectivity index (χ0) is 14.5. The molecule has 0 amide bonds. The monoisotopic (exact) mass is 274 g/mol. The molecule has 102 valence electrons. The Morgan fingerprint density at radius 1 is 1.00 bits per heavy atom. The molecule has 2 rings (SSSR count). The van der Waals surface area contributed by atoms with E-state index in [0.717, 1.165) is 6.07 Å². The van der Waals surface area contributed by atoms with Gasteiger partial charge in [-0.25, -0.2) is 8.78 Å².